The molecule has 0 radical (unpaired) electrons. The average molecular weight is 411 g/mol. The fourth-order valence-corrected chi connectivity index (χ4v) is 6.15. The summed E-state index contributed by atoms with van der Waals surface area (Å²) in [7, 11) is 0. The number of hydrogen-bond acceptors (Lipinski definition) is 4. The summed E-state index contributed by atoms with van der Waals surface area (Å²) in [6, 6.07) is 12.1. The van der Waals surface area contributed by atoms with E-state index >= 15 is 0 Å². The van der Waals surface area contributed by atoms with Crippen molar-refractivity contribution in [1.82, 2.24) is 10.3 Å². The number of aromatic nitrogens is 1. The van der Waals surface area contributed by atoms with Gasteiger partial charge in [-0.05, 0) is 62.0 Å². The molecule has 4 aliphatic rings. The van der Waals surface area contributed by atoms with Crippen LogP contribution in [-0.4, -0.2) is 33.4 Å². The van der Waals surface area contributed by atoms with Crippen LogP contribution >= 0.6 is 11.6 Å². The van der Waals surface area contributed by atoms with Crippen LogP contribution in [0.5, 0.6) is 0 Å². The summed E-state index contributed by atoms with van der Waals surface area (Å²) in [5, 5.41) is 13.9. The first-order chi connectivity index (χ1) is 13.9. The fraction of sp³-hybridized carbons (Fsp3) is 0.435. The Morgan fingerprint density at radius 2 is 1.72 bits per heavy atom. The molecule has 2 unspecified atom stereocenters. The van der Waals surface area contributed by atoms with Gasteiger partial charge in [-0.3, -0.25) is 9.59 Å². The van der Waals surface area contributed by atoms with Crippen LogP contribution in [-0.2, 0) is 0 Å². The summed E-state index contributed by atoms with van der Waals surface area (Å²) in [5.41, 5.74) is 0.495. The van der Waals surface area contributed by atoms with E-state index < -0.39 is 5.60 Å². The Morgan fingerprint density at radius 3 is 2.34 bits per heavy atom. The molecule has 1 aromatic carbocycles. The Hall–Kier alpha value is -2.24. The van der Waals surface area contributed by atoms with E-state index in [9.17, 15) is 14.7 Å². The van der Waals surface area contributed by atoms with E-state index in [0.29, 0.717) is 23.3 Å². The highest BCUT2D eigenvalue weighted by Crippen LogP contribution is 2.55. The van der Waals surface area contributed by atoms with Gasteiger partial charge in [-0.25, -0.2) is 4.98 Å². The van der Waals surface area contributed by atoms with E-state index in [0.717, 1.165) is 32.1 Å². The normalized spacial score (nSPS) is 32.2. The van der Waals surface area contributed by atoms with Crippen LogP contribution in [0.1, 0.15) is 58.5 Å². The second kappa shape index (κ2) is 6.92. The largest absolute Gasteiger partial charge is 0.390 e. The lowest BCUT2D eigenvalue weighted by Gasteiger charge is -2.58. The van der Waals surface area contributed by atoms with Crippen LogP contribution in [0, 0.1) is 17.8 Å². The number of aliphatic hydroxyl groups is 1. The number of pyridine rings is 1. The molecule has 0 aliphatic heterocycles. The first-order valence-corrected chi connectivity index (χ1v) is 10.6. The quantitative estimate of drug-likeness (QED) is 0.595. The standard InChI is InChI=1S/C23H23ClN2O3/c24-21-17(6-7-18(25-21)20(27)14-4-2-1-3-5-14)22(28)26-19-15-8-13-9-16(19)12-23(29,10-13)11-15/h1-7,13,15-16,19,29H,8-12H2,(H,26,28)/t13?,15?,16?,19-,23-. The second-order valence-corrected chi connectivity index (χ2v) is 9.28. The molecule has 1 amide bonds. The van der Waals surface area contributed by atoms with Crippen molar-refractivity contribution in [2.45, 2.75) is 43.7 Å². The van der Waals surface area contributed by atoms with E-state index in [-0.39, 0.29) is 34.1 Å². The lowest BCUT2D eigenvalue weighted by Crippen LogP contribution is -2.61. The third kappa shape index (κ3) is 3.36. The molecule has 150 valence electrons. The minimum Gasteiger partial charge on any atom is -0.390 e. The van der Waals surface area contributed by atoms with E-state index in [2.05, 4.69) is 10.3 Å². The predicted molar refractivity (Wildman–Crippen MR) is 109 cm³/mol. The van der Waals surface area contributed by atoms with Crippen LogP contribution < -0.4 is 5.32 Å². The minimum atomic E-state index is -0.531. The van der Waals surface area contributed by atoms with Crippen LogP contribution in [0.4, 0.5) is 0 Å². The molecule has 0 spiro atoms. The molecule has 29 heavy (non-hydrogen) atoms. The van der Waals surface area contributed by atoms with Gasteiger partial charge in [0.25, 0.3) is 5.91 Å². The molecule has 6 rings (SSSR count). The number of carbonyl (C=O) groups is 2. The van der Waals surface area contributed by atoms with Crippen molar-refractivity contribution in [3.63, 3.8) is 0 Å². The van der Waals surface area contributed by atoms with Gasteiger partial charge in [0.15, 0.2) is 0 Å². The van der Waals surface area contributed by atoms with Gasteiger partial charge in [-0.15, -0.1) is 0 Å². The highest BCUT2D eigenvalue weighted by Gasteiger charge is 2.55. The van der Waals surface area contributed by atoms with Gasteiger partial charge >= 0.3 is 0 Å². The highest BCUT2D eigenvalue weighted by atomic mass is 35.5. The van der Waals surface area contributed by atoms with E-state index in [4.69, 9.17) is 11.6 Å². The number of nitrogens with zero attached hydrogens (tertiary/aromatic N) is 1. The zero-order valence-electron chi connectivity index (χ0n) is 16.0. The molecule has 4 aliphatic carbocycles. The number of benzene rings is 1. The Kier molecular flexibility index (Phi) is 4.48. The minimum absolute atomic E-state index is 0.0340. The van der Waals surface area contributed by atoms with Crippen molar-refractivity contribution in [3.8, 4) is 0 Å². The molecular weight excluding hydrogens is 388 g/mol. The van der Waals surface area contributed by atoms with Gasteiger partial charge in [0, 0.05) is 11.6 Å². The van der Waals surface area contributed by atoms with Crippen LogP contribution in [0.25, 0.3) is 0 Å². The Balaban J connectivity index is 1.33. The number of amides is 1. The van der Waals surface area contributed by atoms with Crippen LogP contribution in [0.3, 0.4) is 0 Å². The van der Waals surface area contributed by atoms with E-state index in [1.807, 2.05) is 6.07 Å². The smallest absolute Gasteiger partial charge is 0.254 e. The Labute approximate surface area is 174 Å². The maximum absolute atomic E-state index is 12.9. The number of halogens is 1. The highest BCUT2D eigenvalue weighted by molar-refractivity contribution is 6.33. The molecule has 1 aromatic heterocycles. The molecule has 6 heteroatoms. The molecule has 5 nitrogen and oxygen atoms in total. The fourth-order valence-electron chi connectivity index (χ4n) is 5.91. The molecule has 4 saturated carbocycles. The monoisotopic (exact) mass is 410 g/mol. The van der Waals surface area contributed by atoms with Crippen molar-refractivity contribution in [2.75, 3.05) is 0 Å². The zero-order chi connectivity index (χ0) is 20.2. The molecule has 1 heterocycles. The number of carbonyl (C=O) groups excluding carboxylic acids is 2. The molecule has 4 bridgehead atoms. The first kappa shape index (κ1) is 18.8. The van der Waals surface area contributed by atoms with Crippen LogP contribution in [0.15, 0.2) is 42.5 Å². The third-order valence-corrected chi connectivity index (χ3v) is 7.19. The first-order valence-electron chi connectivity index (χ1n) is 10.2. The van der Waals surface area contributed by atoms with Crippen molar-refractivity contribution >= 4 is 23.3 Å². The lowest BCUT2D eigenvalue weighted by atomic mass is 9.52. The van der Waals surface area contributed by atoms with Crippen molar-refractivity contribution in [1.29, 1.82) is 0 Å². The number of rotatable bonds is 4. The summed E-state index contributed by atoms with van der Waals surface area (Å²) in [4.78, 5) is 29.6. The maximum atomic E-state index is 12.9. The Morgan fingerprint density at radius 1 is 1.03 bits per heavy atom. The van der Waals surface area contributed by atoms with Gasteiger partial charge in [-0.1, -0.05) is 41.9 Å². The molecule has 4 fully saturated rings. The molecule has 2 atom stereocenters. The number of nitrogens with one attached hydrogen (secondary N) is 1. The second-order valence-electron chi connectivity index (χ2n) is 8.92. The van der Waals surface area contributed by atoms with Gasteiger partial charge in [-0.2, -0.15) is 0 Å². The summed E-state index contributed by atoms with van der Waals surface area (Å²) >= 11 is 6.28. The summed E-state index contributed by atoms with van der Waals surface area (Å²) in [6.07, 6.45) is 4.58. The van der Waals surface area contributed by atoms with Crippen LogP contribution in [0.2, 0.25) is 5.15 Å². The zero-order valence-corrected chi connectivity index (χ0v) is 16.7. The SMILES string of the molecule is O=C(c1ccccc1)c1ccc(C(=O)N[C@H]2C3CC4CC2C[C@](O)(C4)C3)c(Cl)n1. The number of ketones is 1. The molecular formula is C23H23ClN2O3. The summed E-state index contributed by atoms with van der Waals surface area (Å²) in [5.74, 6) is 0.736. The molecule has 2 aromatic rings. The average Bonchev–Trinajstić information content (AvgIpc) is 2.69. The van der Waals surface area contributed by atoms with E-state index in [1.165, 1.54) is 0 Å². The Bertz CT molecular complexity index is 961. The third-order valence-electron chi connectivity index (χ3n) is 6.90. The number of hydrogen-bond donors (Lipinski definition) is 2. The summed E-state index contributed by atoms with van der Waals surface area (Å²) < 4.78 is 0. The topological polar surface area (TPSA) is 79.3 Å². The van der Waals surface area contributed by atoms with Gasteiger partial charge in [0.1, 0.15) is 10.8 Å². The lowest BCUT2D eigenvalue weighted by molar-refractivity contribution is -0.136. The summed E-state index contributed by atoms with van der Waals surface area (Å²) in [6.45, 7) is 0. The van der Waals surface area contributed by atoms with Crippen molar-refractivity contribution < 1.29 is 14.7 Å². The van der Waals surface area contributed by atoms with Crippen molar-refractivity contribution in [2.24, 2.45) is 17.8 Å². The van der Waals surface area contributed by atoms with Gasteiger partial charge in [0.05, 0.1) is 11.2 Å². The maximum Gasteiger partial charge on any atom is 0.254 e. The van der Waals surface area contributed by atoms with Crippen molar-refractivity contribution in [3.05, 3.63) is 64.4 Å². The molecule has 0 saturated heterocycles. The van der Waals surface area contributed by atoms with Gasteiger partial charge < -0.3 is 10.4 Å². The van der Waals surface area contributed by atoms with E-state index in [1.54, 1.807) is 36.4 Å². The molecule has 2 N–H and O–H groups in total. The predicted octanol–water partition coefficient (Wildman–Crippen LogP) is 3.64. The van der Waals surface area contributed by atoms with Gasteiger partial charge in [0.2, 0.25) is 5.78 Å².